The van der Waals surface area contributed by atoms with Crippen molar-refractivity contribution >= 4 is 27.5 Å². The van der Waals surface area contributed by atoms with Crippen molar-refractivity contribution < 1.29 is 9.47 Å². The molecule has 0 spiro atoms. The summed E-state index contributed by atoms with van der Waals surface area (Å²) in [6.45, 7) is 0. The molecular weight excluding hydrogens is 264 g/mol. The number of rotatable bonds is 2. The van der Waals surface area contributed by atoms with Gasteiger partial charge in [0.25, 0.3) is 0 Å². The fourth-order valence-corrected chi connectivity index (χ4v) is 2.77. The summed E-state index contributed by atoms with van der Waals surface area (Å²) in [5, 5.41) is 2.13. The smallest absolute Gasteiger partial charge is 0.161 e. The Bertz CT molecular complexity index is 973. The molecule has 4 nitrogen and oxygen atoms in total. The number of para-hydroxylation sites is 2. The molecule has 21 heavy (non-hydrogen) atoms. The van der Waals surface area contributed by atoms with E-state index in [1.807, 2.05) is 36.5 Å². The molecular formula is C17H14N2O2. The first-order valence-corrected chi connectivity index (χ1v) is 6.73. The van der Waals surface area contributed by atoms with Crippen LogP contribution in [0.5, 0.6) is 11.5 Å². The number of aromatic nitrogens is 2. The lowest BCUT2D eigenvalue weighted by atomic mass is 10.1. The minimum atomic E-state index is 0.713. The molecule has 4 aromatic rings. The maximum atomic E-state index is 5.41. The van der Waals surface area contributed by atoms with E-state index in [0.717, 1.165) is 33.2 Å². The van der Waals surface area contributed by atoms with Gasteiger partial charge in [0.05, 0.1) is 25.3 Å². The second-order valence-corrected chi connectivity index (χ2v) is 4.90. The van der Waals surface area contributed by atoms with Crippen molar-refractivity contribution in [3.8, 4) is 11.5 Å². The van der Waals surface area contributed by atoms with Crippen LogP contribution in [0.1, 0.15) is 0 Å². The van der Waals surface area contributed by atoms with Crippen LogP contribution in [0.2, 0.25) is 0 Å². The third-order valence-corrected chi connectivity index (χ3v) is 3.80. The number of fused-ring (bicyclic) bond motifs is 5. The van der Waals surface area contributed by atoms with E-state index in [0.29, 0.717) is 5.75 Å². The van der Waals surface area contributed by atoms with Crippen LogP contribution in [-0.2, 0) is 0 Å². The van der Waals surface area contributed by atoms with Crippen LogP contribution >= 0.6 is 0 Å². The van der Waals surface area contributed by atoms with Crippen LogP contribution < -0.4 is 9.47 Å². The molecule has 104 valence electrons. The quantitative estimate of drug-likeness (QED) is 0.561. The van der Waals surface area contributed by atoms with Crippen molar-refractivity contribution in [1.82, 2.24) is 9.38 Å². The summed E-state index contributed by atoms with van der Waals surface area (Å²) >= 11 is 0. The molecule has 0 saturated carbocycles. The number of pyridine rings is 1. The van der Waals surface area contributed by atoms with Crippen molar-refractivity contribution in [2.24, 2.45) is 0 Å². The van der Waals surface area contributed by atoms with Crippen molar-refractivity contribution in [1.29, 1.82) is 0 Å². The van der Waals surface area contributed by atoms with Gasteiger partial charge in [0.15, 0.2) is 11.5 Å². The van der Waals surface area contributed by atoms with E-state index in [1.165, 1.54) is 0 Å². The molecule has 0 aliphatic heterocycles. The van der Waals surface area contributed by atoms with E-state index in [-0.39, 0.29) is 0 Å². The van der Waals surface area contributed by atoms with Crippen LogP contribution in [0.15, 0.2) is 48.7 Å². The molecule has 0 atom stereocenters. The molecule has 0 amide bonds. The number of nitrogens with zero attached hydrogens (tertiary/aromatic N) is 2. The highest BCUT2D eigenvalue weighted by atomic mass is 16.5. The van der Waals surface area contributed by atoms with E-state index in [4.69, 9.17) is 14.5 Å². The first-order chi connectivity index (χ1) is 10.3. The Morgan fingerprint density at radius 1 is 0.952 bits per heavy atom. The average Bonchev–Trinajstić information content (AvgIpc) is 2.92. The van der Waals surface area contributed by atoms with Gasteiger partial charge in [0, 0.05) is 11.6 Å². The SMILES string of the molecule is COc1cc2ccn3c4ccccc4nc3c2cc1OC. The topological polar surface area (TPSA) is 35.8 Å². The van der Waals surface area contributed by atoms with E-state index in [2.05, 4.69) is 16.5 Å². The van der Waals surface area contributed by atoms with Crippen LogP contribution in [0.3, 0.4) is 0 Å². The molecule has 0 bridgehead atoms. The maximum absolute atomic E-state index is 5.41. The molecule has 2 aromatic carbocycles. The third kappa shape index (κ3) is 1.65. The Balaban J connectivity index is 2.17. The van der Waals surface area contributed by atoms with Crippen LogP contribution in [-0.4, -0.2) is 23.6 Å². The number of methoxy groups -OCH3 is 2. The Morgan fingerprint density at radius 3 is 2.52 bits per heavy atom. The lowest BCUT2D eigenvalue weighted by Crippen LogP contribution is -1.92. The summed E-state index contributed by atoms with van der Waals surface area (Å²) in [7, 11) is 3.29. The van der Waals surface area contributed by atoms with Gasteiger partial charge in [-0.2, -0.15) is 0 Å². The summed E-state index contributed by atoms with van der Waals surface area (Å²) in [5.41, 5.74) is 3.01. The number of ether oxygens (including phenoxy) is 2. The predicted octanol–water partition coefficient (Wildman–Crippen LogP) is 3.66. The molecule has 0 saturated heterocycles. The van der Waals surface area contributed by atoms with Gasteiger partial charge in [-0.3, -0.25) is 4.40 Å². The fourth-order valence-electron chi connectivity index (χ4n) is 2.77. The molecule has 0 aliphatic carbocycles. The van der Waals surface area contributed by atoms with Gasteiger partial charge in [0.2, 0.25) is 0 Å². The highest BCUT2D eigenvalue weighted by Crippen LogP contribution is 2.34. The van der Waals surface area contributed by atoms with E-state index in [1.54, 1.807) is 14.2 Å². The van der Waals surface area contributed by atoms with Gasteiger partial charge in [-0.1, -0.05) is 12.1 Å². The van der Waals surface area contributed by atoms with Gasteiger partial charge >= 0.3 is 0 Å². The van der Waals surface area contributed by atoms with Crippen molar-refractivity contribution in [3.05, 3.63) is 48.7 Å². The minimum Gasteiger partial charge on any atom is -0.493 e. The average molecular weight is 278 g/mol. The molecule has 0 N–H and O–H groups in total. The first-order valence-electron chi connectivity index (χ1n) is 6.73. The highest BCUT2D eigenvalue weighted by Gasteiger charge is 2.11. The molecule has 4 heteroatoms. The van der Waals surface area contributed by atoms with Gasteiger partial charge in [-0.05, 0) is 35.7 Å². The van der Waals surface area contributed by atoms with E-state index in [9.17, 15) is 0 Å². The van der Waals surface area contributed by atoms with Crippen molar-refractivity contribution in [3.63, 3.8) is 0 Å². The Morgan fingerprint density at radius 2 is 1.71 bits per heavy atom. The fraction of sp³-hybridized carbons (Fsp3) is 0.118. The van der Waals surface area contributed by atoms with E-state index < -0.39 is 0 Å². The summed E-state index contributed by atoms with van der Waals surface area (Å²) in [4.78, 5) is 4.74. The normalized spacial score (nSPS) is 11.3. The first kappa shape index (κ1) is 12.0. The molecule has 0 unspecified atom stereocenters. The summed E-state index contributed by atoms with van der Waals surface area (Å²) < 4.78 is 12.9. The molecule has 2 aromatic heterocycles. The zero-order valence-corrected chi connectivity index (χ0v) is 11.8. The highest BCUT2D eigenvalue weighted by molar-refractivity contribution is 5.99. The molecule has 0 fully saturated rings. The van der Waals surface area contributed by atoms with Crippen molar-refractivity contribution in [2.75, 3.05) is 14.2 Å². The number of hydrogen-bond donors (Lipinski definition) is 0. The van der Waals surface area contributed by atoms with Crippen LogP contribution in [0, 0.1) is 0 Å². The number of imidazole rings is 1. The zero-order chi connectivity index (χ0) is 14.4. The second-order valence-electron chi connectivity index (χ2n) is 4.90. The van der Waals surface area contributed by atoms with Crippen molar-refractivity contribution in [2.45, 2.75) is 0 Å². The molecule has 0 aliphatic rings. The Kier molecular flexibility index (Phi) is 2.51. The largest absolute Gasteiger partial charge is 0.493 e. The Labute approximate surface area is 121 Å². The lowest BCUT2D eigenvalue weighted by molar-refractivity contribution is 0.356. The number of hydrogen-bond acceptors (Lipinski definition) is 3. The standard InChI is InChI=1S/C17H14N2O2/c1-20-15-9-11-7-8-19-14-6-4-3-5-13(14)18-17(19)12(11)10-16(15)21-2/h3-10H,1-2H3. The monoisotopic (exact) mass is 278 g/mol. The minimum absolute atomic E-state index is 0.713. The predicted molar refractivity (Wildman–Crippen MR) is 83.3 cm³/mol. The second kappa shape index (κ2) is 4.38. The van der Waals surface area contributed by atoms with Gasteiger partial charge in [-0.15, -0.1) is 0 Å². The number of benzene rings is 2. The lowest BCUT2D eigenvalue weighted by Gasteiger charge is -2.09. The molecule has 0 radical (unpaired) electrons. The van der Waals surface area contributed by atoms with Crippen LogP contribution in [0.25, 0.3) is 27.5 Å². The van der Waals surface area contributed by atoms with Gasteiger partial charge < -0.3 is 9.47 Å². The summed E-state index contributed by atoms with van der Waals surface area (Å²) in [5.74, 6) is 1.44. The maximum Gasteiger partial charge on any atom is 0.161 e. The Hall–Kier alpha value is -2.75. The molecule has 4 rings (SSSR count). The zero-order valence-electron chi connectivity index (χ0n) is 11.8. The third-order valence-electron chi connectivity index (χ3n) is 3.80. The van der Waals surface area contributed by atoms with E-state index >= 15 is 0 Å². The van der Waals surface area contributed by atoms with Gasteiger partial charge in [-0.25, -0.2) is 4.98 Å². The van der Waals surface area contributed by atoms with Crippen LogP contribution in [0.4, 0.5) is 0 Å². The summed E-state index contributed by atoms with van der Waals surface area (Å²) in [6.07, 6.45) is 2.04. The molecule has 2 heterocycles. The van der Waals surface area contributed by atoms with Gasteiger partial charge in [0.1, 0.15) is 5.65 Å². The summed E-state index contributed by atoms with van der Waals surface area (Å²) in [6, 6.07) is 14.1.